The number of anilines is 2. The van der Waals surface area contributed by atoms with Crippen molar-refractivity contribution >= 4 is 23.4 Å². The molecule has 0 spiro atoms. The number of benzene rings is 2. The number of ether oxygens (including phenoxy) is 4. The third-order valence-corrected chi connectivity index (χ3v) is 6.60. The smallest absolute Gasteiger partial charge is 0.319 e. The van der Waals surface area contributed by atoms with Gasteiger partial charge >= 0.3 is 6.03 Å². The summed E-state index contributed by atoms with van der Waals surface area (Å²) in [4.78, 5) is 28.5. The number of pyridine rings is 1. The summed E-state index contributed by atoms with van der Waals surface area (Å²) in [5, 5.41) is 8.60. The predicted molar refractivity (Wildman–Crippen MR) is 130 cm³/mol. The van der Waals surface area contributed by atoms with Crippen LogP contribution >= 0.6 is 0 Å². The van der Waals surface area contributed by atoms with E-state index < -0.39 is 0 Å². The van der Waals surface area contributed by atoms with Gasteiger partial charge in [0.25, 0.3) is 0 Å². The molecule has 184 valence electrons. The van der Waals surface area contributed by atoms with Crippen LogP contribution in [-0.2, 0) is 11.2 Å². The van der Waals surface area contributed by atoms with Crippen molar-refractivity contribution < 1.29 is 28.5 Å². The number of rotatable bonds is 6. The van der Waals surface area contributed by atoms with Gasteiger partial charge in [-0.3, -0.25) is 4.79 Å². The lowest BCUT2D eigenvalue weighted by Gasteiger charge is -2.19. The number of nitrogens with zero attached hydrogens (tertiary/aromatic N) is 1. The van der Waals surface area contributed by atoms with Gasteiger partial charge < -0.3 is 34.9 Å². The minimum absolute atomic E-state index is 0.0460. The quantitative estimate of drug-likeness (QED) is 0.482. The second kappa shape index (κ2) is 8.63. The number of carbonyl (C=O) groups excluding carboxylic acids is 2. The summed E-state index contributed by atoms with van der Waals surface area (Å²) < 4.78 is 22.7. The number of nitrogens with one attached hydrogen (secondary N) is 3. The van der Waals surface area contributed by atoms with E-state index in [4.69, 9.17) is 18.9 Å². The Balaban J connectivity index is 1.13. The second-order valence-corrected chi connectivity index (χ2v) is 8.79. The van der Waals surface area contributed by atoms with Crippen molar-refractivity contribution in [3.8, 4) is 28.7 Å². The maximum absolute atomic E-state index is 12.6. The summed E-state index contributed by atoms with van der Waals surface area (Å²) in [5.41, 5.74) is 2.46. The summed E-state index contributed by atoms with van der Waals surface area (Å²) in [7, 11) is 3.10. The highest BCUT2D eigenvalue weighted by Crippen LogP contribution is 2.54. The van der Waals surface area contributed by atoms with E-state index in [1.807, 2.05) is 18.2 Å². The Hall–Kier alpha value is -4.47. The molecule has 1 fully saturated rings. The summed E-state index contributed by atoms with van der Waals surface area (Å²) in [6.45, 7) is 0. The van der Waals surface area contributed by atoms with Gasteiger partial charge in [-0.15, -0.1) is 0 Å². The van der Waals surface area contributed by atoms with Crippen LogP contribution in [0, 0.1) is 0 Å². The molecule has 10 nitrogen and oxygen atoms in total. The van der Waals surface area contributed by atoms with Gasteiger partial charge in [0.1, 0.15) is 29.2 Å². The maximum atomic E-state index is 12.6. The largest absolute Gasteiger partial charge is 0.493 e. The van der Waals surface area contributed by atoms with Crippen LogP contribution in [0.25, 0.3) is 0 Å². The van der Waals surface area contributed by atoms with Crippen LogP contribution in [0.3, 0.4) is 0 Å². The molecule has 3 heterocycles. The lowest BCUT2D eigenvalue weighted by molar-refractivity contribution is -0.116. The normalized spacial score (nSPS) is 20.6. The first-order valence-electron chi connectivity index (χ1n) is 11.6. The van der Waals surface area contributed by atoms with Crippen LogP contribution in [0.4, 0.5) is 16.3 Å². The number of fused-ring (bicyclic) bond motifs is 4. The molecule has 1 unspecified atom stereocenters. The molecule has 1 saturated carbocycles. The van der Waals surface area contributed by atoms with E-state index in [1.54, 1.807) is 44.7 Å². The Bertz CT molecular complexity index is 1380. The third-order valence-electron chi connectivity index (χ3n) is 6.60. The monoisotopic (exact) mass is 488 g/mol. The van der Waals surface area contributed by atoms with E-state index >= 15 is 0 Å². The highest BCUT2D eigenvalue weighted by Gasteiger charge is 2.59. The summed E-state index contributed by atoms with van der Waals surface area (Å²) >= 11 is 0. The average Bonchev–Trinajstić information content (AvgIpc) is 3.39. The Labute approximate surface area is 206 Å². The Morgan fingerprint density at radius 3 is 2.75 bits per heavy atom. The topological polar surface area (TPSA) is 120 Å². The molecule has 2 aliphatic heterocycles. The van der Waals surface area contributed by atoms with Crippen molar-refractivity contribution in [3.05, 3.63) is 59.8 Å². The molecule has 3 amide bonds. The van der Waals surface area contributed by atoms with Crippen LogP contribution in [0.1, 0.15) is 23.5 Å². The maximum Gasteiger partial charge on any atom is 0.319 e. The van der Waals surface area contributed by atoms with Gasteiger partial charge in [-0.2, -0.15) is 0 Å². The SMILES string of the molecule is COc1ccc(NC(=O)N[C@@H]2C3Oc4ccc(Oc5ccnc6c5CCC(=O)N6)cc4[C@H]32)cc1OC. The minimum Gasteiger partial charge on any atom is -0.493 e. The highest BCUT2D eigenvalue weighted by atomic mass is 16.5. The van der Waals surface area contributed by atoms with Crippen LogP contribution in [0.15, 0.2) is 48.7 Å². The Kier molecular flexibility index (Phi) is 5.28. The highest BCUT2D eigenvalue weighted by molar-refractivity contribution is 5.93. The van der Waals surface area contributed by atoms with Gasteiger partial charge in [-0.25, -0.2) is 9.78 Å². The lowest BCUT2D eigenvalue weighted by Crippen LogP contribution is -2.34. The molecule has 1 aromatic heterocycles. The van der Waals surface area contributed by atoms with E-state index in [0.717, 1.165) is 16.9 Å². The molecule has 3 aromatic rings. The van der Waals surface area contributed by atoms with Crippen molar-refractivity contribution in [1.82, 2.24) is 10.3 Å². The van der Waals surface area contributed by atoms with Crippen LogP contribution in [-0.4, -0.2) is 43.3 Å². The zero-order chi connectivity index (χ0) is 24.8. The molecule has 1 aliphatic carbocycles. The van der Waals surface area contributed by atoms with Crippen LogP contribution in [0.5, 0.6) is 28.7 Å². The Morgan fingerprint density at radius 2 is 1.92 bits per heavy atom. The Morgan fingerprint density at radius 1 is 1.06 bits per heavy atom. The molecule has 36 heavy (non-hydrogen) atoms. The second-order valence-electron chi connectivity index (χ2n) is 8.79. The zero-order valence-corrected chi connectivity index (χ0v) is 19.7. The molecular weight excluding hydrogens is 464 g/mol. The number of urea groups is 1. The van der Waals surface area contributed by atoms with Crippen molar-refractivity contribution in [3.63, 3.8) is 0 Å². The lowest BCUT2D eigenvalue weighted by atomic mass is 10.1. The van der Waals surface area contributed by atoms with Crippen molar-refractivity contribution in [2.75, 3.05) is 24.9 Å². The average molecular weight is 489 g/mol. The van der Waals surface area contributed by atoms with Gasteiger partial charge in [0.05, 0.1) is 26.2 Å². The van der Waals surface area contributed by atoms with Crippen LogP contribution in [0.2, 0.25) is 0 Å². The summed E-state index contributed by atoms with van der Waals surface area (Å²) in [5.74, 6) is 3.76. The number of carbonyl (C=O) groups is 2. The molecule has 0 bridgehead atoms. The van der Waals surface area contributed by atoms with E-state index in [-0.39, 0.29) is 30.0 Å². The van der Waals surface area contributed by atoms with Gasteiger partial charge in [0.15, 0.2) is 11.5 Å². The van der Waals surface area contributed by atoms with E-state index in [1.165, 1.54) is 0 Å². The molecule has 3 atom stereocenters. The minimum atomic E-state index is -0.329. The summed E-state index contributed by atoms with van der Waals surface area (Å²) in [6, 6.07) is 12.2. The van der Waals surface area contributed by atoms with Gasteiger partial charge in [0.2, 0.25) is 5.91 Å². The van der Waals surface area contributed by atoms with E-state index in [0.29, 0.717) is 47.3 Å². The number of methoxy groups -OCH3 is 2. The fraction of sp³-hybridized carbons (Fsp3) is 0.269. The molecule has 2 aromatic carbocycles. The molecule has 6 rings (SSSR count). The number of hydrogen-bond acceptors (Lipinski definition) is 7. The molecular formula is C26H24N4O6. The summed E-state index contributed by atoms with van der Waals surface area (Å²) in [6.07, 6.45) is 2.47. The van der Waals surface area contributed by atoms with Crippen molar-refractivity contribution in [2.45, 2.75) is 30.9 Å². The molecule has 3 N–H and O–H groups in total. The first-order valence-corrected chi connectivity index (χ1v) is 11.6. The van der Waals surface area contributed by atoms with Crippen molar-refractivity contribution in [2.24, 2.45) is 0 Å². The fourth-order valence-electron chi connectivity index (χ4n) is 4.79. The van der Waals surface area contributed by atoms with E-state index in [2.05, 4.69) is 20.9 Å². The van der Waals surface area contributed by atoms with Crippen molar-refractivity contribution in [1.29, 1.82) is 0 Å². The third kappa shape index (κ3) is 3.90. The molecule has 3 aliphatic rings. The zero-order valence-electron chi connectivity index (χ0n) is 19.7. The standard InChI is InChI=1S/C26H24N4O6/c1-33-19-6-3-13(11-20(19)34-2)28-26(32)30-23-22-16-12-14(4-7-17(16)36-24(22)23)35-18-9-10-27-25-15(18)5-8-21(31)29-25/h3-4,6-7,9-12,22-24H,5,8H2,1-2H3,(H,27,29,31)(H2,28,30,32)/t22-,23-,24?/m0/s1. The predicted octanol–water partition coefficient (Wildman–Crippen LogP) is 3.82. The van der Waals surface area contributed by atoms with Gasteiger partial charge in [0, 0.05) is 35.5 Å². The number of hydrogen-bond donors (Lipinski definition) is 3. The molecule has 0 radical (unpaired) electrons. The first kappa shape index (κ1) is 22.0. The molecule has 10 heteroatoms. The van der Waals surface area contributed by atoms with E-state index in [9.17, 15) is 9.59 Å². The van der Waals surface area contributed by atoms with Crippen LogP contribution < -0.4 is 34.9 Å². The van der Waals surface area contributed by atoms with Gasteiger partial charge in [-0.05, 0) is 42.8 Å². The number of amides is 3. The molecule has 0 saturated heterocycles. The van der Waals surface area contributed by atoms with Gasteiger partial charge in [-0.1, -0.05) is 0 Å². The number of aromatic nitrogens is 1. The fourth-order valence-corrected chi connectivity index (χ4v) is 4.79. The first-order chi connectivity index (χ1) is 17.5.